The van der Waals surface area contributed by atoms with Crippen molar-refractivity contribution in [3.8, 4) is 0 Å². The monoisotopic (exact) mass is 366 g/mol. The number of nitrogens with one attached hydrogen (secondary N) is 2. The van der Waals surface area contributed by atoms with Crippen LogP contribution in [0.2, 0.25) is 0 Å². The molecule has 7 nitrogen and oxygen atoms in total. The largest absolute Gasteiger partial charge is 0.316 e. The van der Waals surface area contributed by atoms with Crippen molar-refractivity contribution < 1.29 is 13.2 Å². The number of anilines is 1. The Balaban J connectivity index is 1.44. The molecule has 1 aromatic rings. The van der Waals surface area contributed by atoms with Gasteiger partial charge in [-0.3, -0.25) is 4.79 Å². The van der Waals surface area contributed by atoms with Gasteiger partial charge in [0.2, 0.25) is 5.91 Å². The lowest BCUT2D eigenvalue weighted by Gasteiger charge is -2.14. The van der Waals surface area contributed by atoms with Crippen LogP contribution in [0.5, 0.6) is 0 Å². The van der Waals surface area contributed by atoms with Crippen LogP contribution in [0.15, 0.2) is 6.07 Å². The SMILES string of the molecule is O=C(CCC1CCNC1)Nc1cc(C2CC2)nn1C1CCS(=O)(=O)C1. The average molecular weight is 366 g/mol. The zero-order chi connectivity index (χ0) is 17.4. The van der Waals surface area contributed by atoms with Crippen LogP contribution < -0.4 is 10.6 Å². The Morgan fingerprint density at radius 2 is 2.16 bits per heavy atom. The quantitative estimate of drug-likeness (QED) is 0.795. The second-order valence-electron chi connectivity index (χ2n) is 7.68. The lowest BCUT2D eigenvalue weighted by molar-refractivity contribution is -0.116. The maximum Gasteiger partial charge on any atom is 0.225 e. The summed E-state index contributed by atoms with van der Waals surface area (Å²) in [6.07, 6.45) is 5.35. The van der Waals surface area contributed by atoms with Crippen molar-refractivity contribution in [2.45, 2.75) is 50.5 Å². The van der Waals surface area contributed by atoms with Crippen LogP contribution in [0.4, 0.5) is 5.82 Å². The van der Waals surface area contributed by atoms with Gasteiger partial charge in [0.1, 0.15) is 5.82 Å². The minimum Gasteiger partial charge on any atom is -0.316 e. The highest BCUT2D eigenvalue weighted by atomic mass is 32.2. The Kier molecular flexibility index (Phi) is 4.58. The Labute approximate surface area is 148 Å². The van der Waals surface area contributed by atoms with Gasteiger partial charge in [-0.1, -0.05) is 0 Å². The second kappa shape index (κ2) is 6.72. The summed E-state index contributed by atoms with van der Waals surface area (Å²) < 4.78 is 25.4. The van der Waals surface area contributed by atoms with Crippen molar-refractivity contribution in [1.82, 2.24) is 15.1 Å². The molecule has 8 heteroatoms. The van der Waals surface area contributed by atoms with E-state index in [0.717, 1.165) is 44.5 Å². The molecule has 3 heterocycles. The number of amides is 1. The molecule has 2 unspecified atom stereocenters. The van der Waals surface area contributed by atoms with Gasteiger partial charge < -0.3 is 10.6 Å². The minimum atomic E-state index is -2.99. The van der Waals surface area contributed by atoms with E-state index in [1.54, 1.807) is 4.68 Å². The number of hydrogen-bond donors (Lipinski definition) is 2. The van der Waals surface area contributed by atoms with E-state index in [4.69, 9.17) is 0 Å². The molecule has 4 rings (SSSR count). The van der Waals surface area contributed by atoms with Gasteiger partial charge in [0.25, 0.3) is 0 Å². The maximum absolute atomic E-state index is 12.4. The van der Waals surface area contributed by atoms with Crippen molar-refractivity contribution in [1.29, 1.82) is 0 Å². The molecule has 2 N–H and O–H groups in total. The van der Waals surface area contributed by atoms with E-state index in [2.05, 4.69) is 15.7 Å². The number of hydrogen-bond acceptors (Lipinski definition) is 5. The molecule has 3 aliphatic rings. The van der Waals surface area contributed by atoms with Crippen LogP contribution in [0.3, 0.4) is 0 Å². The lowest BCUT2D eigenvalue weighted by atomic mass is 10.0. The number of aromatic nitrogens is 2. The van der Waals surface area contributed by atoms with Gasteiger partial charge in [-0.15, -0.1) is 0 Å². The van der Waals surface area contributed by atoms with E-state index in [1.165, 1.54) is 0 Å². The fourth-order valence-corrected chi connectivity index (χ4v) is 5.53. The molecular formula is C17H26N4O3S. The van der Waals surface area contributed by atoms with Crippen LogP contribution in [-0.2, 0) is 14.6 Å². The summed E-state index contributed by atoms with van der Waals surface area (Å²) in [5.74, 6) is 2.04. The number of nitrogens with zero attached hydrogens (tertiary/aromatic N) is 2. The van der Waals surface area contributed by atoms with Gasteiger partial charge in [0.15, 0.2) is 9.84 Å². The Morgan fingerprint density at radius 3 is 2.80 bits per heavy atom. The highest BCUT2D eigenvalue weighted by molar-refractivity contribution is 7.91. The van der Waals surface area contributed by atoms with Gasteiger partial charge in [-0.05, 0) is 51.1 Å². The van der Waals surface area contributed by atoms with Gasteiger partial charge in [0, 0.05) is 18.4 Å². The number of rotatable bonds is 6. The molecule has 0 aromatic carbocycles. The zero-order valence-electron chi connectivity index (χ0n) is 14.4. The third-order valence-electron chi connectivity index (χ3n) is 5.51. The molecule has 2 atom stereocenters. The van der Waals surface area contributed by atoms with Crippen LogP contribution in [0.25, 0.3) is 0 Å². The summed E-state index contributed by atoms with van der Waals surface area (Å²) in [5.41, 5.74) is 0.986. The average Bonchev–Trinajstić information content (AvgIpc) is 2.97. The van der Waals surface area contributed by atoms with Crippen molar-refractivity contribution in [2.75, 3.05) is 29.9 Å². The molecule has 138 valence electrons. The lowest BCUT2D eigenvalue weighted by Crippen LogP contribution is -2.20. The fourth-order valence-electron chi connectivity index (χ4n) is 3.83. The normalized spacial score (nSPS) is 28.3. The van der Waals surface area contributed by atoms with E-state index >= 15 is 0 Å². The predicted octanol–water partition coefficient (Wildman–Crippen LogP) is 1.45. The molecule has 1 aromatic heterocycles. The van der Waals surface area contributed by atoms with Crippen molar-refractivity contribution in [3.63, 3.8) is 0 Å². The number of carbonyl (C=O) groups is 1. The zero-order valence-corrected chi connectivity index (χ0v) is 15.2. The van der Waals surface area contributed by atoms with Crippen LogP contribution in [0, 0.1) is 5.92 Å². The number of carbonyl (C=O) groups excluding carboxylic acids is 1. The molecule has 2 aliphatic heterocycles. The Bertz CT molecular complexity index is 748. The first-order valence-corrected chi connectivity index (χ1v) is 11.1. The van der Waals surface area contributed by atoms with E-state index in [1.807, 2.05) is 6.07 Å². The topological polar surface area (TPSA) is 93.1 Å². The summed E-state index contributed by atoms with van der Waals surface area (Å²) in [5, 5.41) is 10.9. The fraction of sp³-hybridized carbons (Fsp3) is 0.765. The van der Waals surface area contributed by atoms with E-state index < -0.39 is 9.84 Å². The first-order valence-electron chi connectivity index (χ1n) is 9.30. The second-order valence-corrected chi connectivity index (χ2v) is 9.90. The first-order chi connectivity index (χ1) is 12.0. The standard InChI is InChI=1S/C17H26N4O3S/c22-17(4-1-12-5-7-18-10-12)19-16-9-15(13-2-3-13)20-21(16)14-6-8-25(23,24)11-14/h9,12-14,18H,1-8,10-11H2,(H,19,22). The molecule has 1 saturated carbocycles. The molecule has 25 heavy (non-hydrogen) atoms. The van der Waals surface area contributed by atoms with Crippen molar-refractivity contribution in [3.05, 3.63) is 11.8 Å². The van der Waals surface area contributed by atoms with Crippen molar-refractivity contribution >= 4 is 21.6 Å². The molecule has 2 saturated heterocycles. The van der Waals surface area contributed by atoms with Gasteiger partial charge >= 0.3 is 0 Å². The molecule has 1 aliphatic carbocycles. The highest BCUT2D eigenvalue weighted by Gasteiger charge is 2.34. The highest BCUT2D eigenvalue weighted by Crippen LogP contribution is 2.41. The summed E-state index contributed by atoms with van der Waals surface area (Å²) in [7, 11) is -2.99. The predicted molar refractivity (Wildman–Crippen MR) is 95.4 cm³/mol. The molecule has 0 radical (unpaired) electrons. The molecule has 1 amide bonds. The third kappa shape index (κ3) is 4.06. The molecular weight excluding hydrogens is 340 g/mol. The van der Waals surface area contributed by atoms with Gasteiger partial charge in [-0.2, -0.15) is 5.10 Å². The minimum absolute atomic E-state index is 0.00347. The number of sulfone groups is 1. The first kappa shape index (κ1) is 17.0. The van der Waals surface area contributed by atoms with Gasteiger partial charge in [-0.25, -0.2) is 13.1 Å². The van der Waals surface area contributed by atoms with Gasteiger partial charge in [0.05, 0.1) is 23.2 Å². The summed E-state index contributed by atoms with van der Waals surface area (Å²) in [6.45, 7) is 2.04. The summed E-state index contributed by atoms with van der Waals surface area (Å²) >= 11 is 0. The molecule has 0 spiro atoms. The van der Waals surface area contributed by atoms with Crippen molar-refractivity contribution in [2.24, 2.45) is 5.92 Å². The molecule has 0 bridgehead atoms. The molecule has 3 fully saturated rings. The summed E-state index contributed by atoms with van der Waals surface area (Å²) in [6, 6.07) is 1.78. The smallest absolute Gasteiger partial charge is 0.225 e. The Morgan fingerprint density at radius 1 is 1.32 bits per heavy atom. The van der Waals surface area contributed by atoms with Crippen LogP contribution >= 0.6 is 0 Å². The van der Waals surface area contributed by atoms with E-state index in [0.29, 0.717) is 30.5 Å². The maximum atomic E-state index is 12.4. The Hall–Kier alpha value is -1.41. The van der Waals surface area contributed by atoms with E-state index in [-0.39, 0.29) is 23.5 Å². The third-order valence-corrected chi connectivity index (χ3v) is 7.26. The summed E-state index contributed by atoms with van der Waals surface area (Å²) in [4.78, 5) is 12.4. The van der Waals surface area contributed by atoms with Crippen LogP contribution in [-0.4, -0.2) is 48.7 Å². The van der Waals surface area contributed by atoms with Crippen LogP contribution in [0.1, 0.15) is 56.2 Å². The van der Waals surface area contributed by atoms with E-state index in [9.17, 15) is 13.2 Å².